The van der Waals surface area contributed by atoms with Crippen molar-refractivity contribution in [2.24, 2.45) is 5.92 Å². The van der Waals surface area contributed by atoms with Crippen LogP contribution in [0.3, 0.4) is 0 Å². The molecule has 1 unspecified atom stereocenters. The van der Waals surface area contributed by atoms with Crippen molar-refractivity contribution in [2.75, 3.05) is 20.1 Å². The molecule has 1 aromatic rings. The predicted molar refractivity (Wildman–Crippen MR) is 76.4 cm³/mol. The molecule has 1 heterocycles. The van der Waals surface area contributed by atoms with E-state index < -0.39 is 10.0 Å². The second kappa shape index (κ2) is 6.03. The van der Waals surface area contributed by atoms with Gasteiger partial charge in [0.25, 0.3) is 0 Å². The summed E-state index contributed by atoms with van der Waals surface area (Å²) in [4.78, 5) is 0.398. The van der Waals surface area contributed by atoms with E-state index in [1.165, 1.54) is 0 Å². The van der Waals surface area contributed by atoms with Gasteiger partial charge in [-0.2, -0.15) is 4.31 Å². The first-order chi connectivity index (χ1) is 9.05. The molecular weight excluding hydrogens is 260 g/mol. The van der Waals surface area contributed by atoms with Crippen LogP contribution in [0.25, 0.3) is 0 Å². The Labute approximate surface area is 115 Å². The second-order valence-electron chi connectivity index (χ2n) is 5.13. The summed E-state index contributed by atoms with van der Waals surface area (Å²) in [6.07, 6.45) is 1.85. The minimum Gasteiger partial charge on any atom is -0.317 e. The molecule has 1 aliphatic heterocycles. The monoisotopic (exact) mass is 282 g/mol. The number of sulfonamides is 1. The first kappa shape index (κ1) is 14.5. The molecule has 19 heavy (non-hydrogen) atoms. The van der Waals surface area contributed by atoms with Crippen molar-refractivity contribution in [1.82, 2.24) is 9.62 Å². The molecule has 0 saturated carbocycles. The summed E-state index contributed by atoms with van der Waals surface area (Å²) in [5.74, 6) is 0.562. The number of hydrogen-bond donors (Lipinski definition) is 1. The average Bonchev–Trinajstić information content (AvgIpc) is 2.47. The Morgan fingerprint density at radius 3 is 2.32 bits per heavy atom. The van der Waals surface area contributed by atoms with E-state index in [-0.39, 0.29) is 0 Å². The second-order valence-corrected chi connectivity index (χ2v) is 7.07. The van der Waals surface area contributed by atoms with E-state index in [2.05, 4.69) is 12.2 Å². The SMILES string of the molecule is CNC(C)C1CCN(S(=O)(=O)c2ccccc2)CC1. The highest BCUT2D eigenvalue weighted by atomic mass is 32.2. The van der Waals surface area contributed by atoms with Gasteiger partial charge >= 0.3 is 0 Å². The zero-order valence-corrected chi connectivity index (χ0v) is 12.4. The molecule has 5 heteroatoms. The van der Waals surface area contributed by atoms with Gasteiger partial charge in [-0.15, -0.1) is 0 Å². The highest BCUT2D eigenvalue weighted by Gasteiger charge is 2.30. The van der Waals surface area contributed by atoms with Crippen LogP contribution in [0.4, 0.5) is 0 Å². The third-order valence-corrected chi connectivity index (χ3v) is 5.95. The van der Waals surface area contributed by atoms with E-state index in [1.807, 2.05) is 13.1 Å². The van der Waals surface area contributed by atoms with Crippen LogP contribution < -0.4 is 5.32 Å². The first-order valence-corrected chi connectivity index (χ1v) is 8.22. The van der Waals surface area contributed by atoms with E-state index in [1.54, 1.807) is 28.6 Å². The number of nitrogens with one attached hydrogen (secondary N) is 1. The van der Waals surface area contributed by atoms with Crippen LogP contribution in [0.2, 0.25) is 0 Å². The van der Waals surface area contributed by atoms with Gasteiger partial charge in [0.05, 0.1) is 4.90 Å². The normalized spacial score (nSPS) is 20.3. The third kappa shape index (κ3) is 3.16. The van der Waals surface area contributed by atoms with Crippen molar-refractivity contribution in [3.05, 3.63) is 30.3 Å². The topological polar surface area (TPSA) is 49.4 Å². The fourth-order valence-electron chi connectivity index (χ4n) is 2.59. The average molecular weight is 282 g/mol. The molecular formula is C14H22N2O2S. The van der Waals surface area contributed by atoms with Gasteiger partial charge < -0.3 is 5.32 Å². The minimum atomic E-state index is -3.30. The highest BCUT2D eigenvalue weighted by Crippen LogP contribution is 2.25. The van der Waals surface area contributed by atoms with E-state index >= 15 is 0 Å². The van der Waals surface area contributed by atoms with Crippen LogP contribution in [-0.2, 0) is 10.0 Å². The van der Waals surface area contributed by atoms with Crippen molar-refractivity contribution in [2.45, 2.75) is 30.7 Å². The minimum absolute atomic E-state index is 0.398. The zero-order valence-electron chi connectivity index (χ0n) is 11.5. The Morgan fingerprint density at radius 2 is 1.79 bits per heavy atom. The molecule has 0 aromatic heterocycles. The largest absolute Gasteiger partial charge is 0.317 e. The van der Waals surface area contributed by atoms with Crippen molar-refractivity contribution >= 4 is 10.0 Å². The van der Waals surface area contributed by atoms with Gasteiger partial charge in [0.15, 0.2) is 0 Å². The molecule has 1 N–H and O–H groups in total. The summed E-state index contributed by atoms with van der Waals surface area (Å²) in [6.45, 7) is 3.40. The summed E-state index contributed by atoms with van der Waals surface area (Å²) in [5, 5.41) is 3.25. The van der Waals surface area contributed by atoms with Crippen molar-refractivity contribution in [3.63, 3.8) is 0 Å². The standard InChI is InChI=1S/C14H22N2O2S/c1-12(15-2)13-8-10-16(11-9-13)19(17,18)14-6-4-3-5-7-14/h3-7,12-13,15H,8-11H2,1-2H3. The lowest BCUT2D eigenvalue weighted by Crippen LogP contribution is -2.43. The van der Waals surface area contributed by atoms with Gasteiger partial charge in [-0.3, -0.25) is 0 Å². The van der Waals surface area contributed by atoms with Gasteiger partial charge in [0.2, 0.25) is 10.0 Å². The Kier molecular flexibility index (Phi) is 4.60. The van der Waals surface area contributed by atoms with E-state index in [0.717, 1.165) is 12.8 Å². The lowest BCUT2D eigenvalue weighted by atomic mass is 9.91. The third-order valence-electron chi connectivity index (χ3n) is 4.04. The quantitative estimate of drug-likeness (QED) is 0.914. The van der Waals surface area contributed by atoms with Crippen molar-refractivity contribution in [3.8, 4) is 0 Å². The number of piperidine rings is 1. The predicted octanol–water partition coefficient (Wildman–Crippen LogP) is 1.70. The maximum absolute atomic E-state index is 12.4. The van der Waals surface area contributed by atoms with E-state index in [9.17, 15) is 8.42 Å². The van der Waals surface area contributed by atoms with Gasteiger partial charge in [-0.05, 0) is 44.9 Å². The molecule has 1 aromatic carbocycles. The van der Waals surface area contributed by atoms with Crippen molar-refractivity contribution in [1.29, 1.82) is 0 Å². The smallest absolute Gasteiger partial charge is 0.243 e. The fourth-order valence-corrected chi connectivity index (χ4v) is 4.08. The fraction of sp³-hybridized carbons (Fsp3) is 0.571. The molecule has 1 fully saturated rings. The molecule has 106 valence electrons. The van der Waals surface area contributed by atoms with Gasteiger partial charge in [-0.25, -0.2) is 8.42 Å². The summed E-state index contributed by atoms with van der Waals surface area (Å²) < 4.78 is 26.5. The van der Waals surface area contributed by atoms with Crippen LogP contribution in [-0.4, -0.2) is 38.9 Å². The molecule has 0 amide bonds. The van der Waals surface area contributed by atoms with Gasteiger partial charge in [0, 0.05) is 19.1 Å². The number of nitrogens with zero attached hydrogens (tertiary/aromatic N) is 1. The van der Waals surface area contributed by atoms with Gasteiger partial charge in [0.1, 0.15) is 0 Å². The van der Waals surface area contributed by atoms with E-state index in [0.29, 0.717) is 29.9 Å². The molecule has 1 atom stereocenters. The Balaban J connectivity index is 2.06. The number of rotatable bonds is 4. The molecule has 4 nitrogen and oxygen atoms in total. The molecule has 0 aliphatic carbocycles. The van der Waals surface area contributed by atoms with Crippen molar-refractivity contribution < 1.29 is 8.42 Å². The molecule has 0 radical (unpaired) electrons. The molecule has 0 bridgehead atoms. The number of benzene rings is 1. The van der Waals surface area contributed by atoms with E-state index in [4.69, 9.17) is 0 Å². The Morgan fingerprint density at radius 1 is 1.21 bits per heavy atom. The number of hydrogen-bond acceptors (Lipinski definition) is 3. The molecule has 0 spiro atoms. The van der Waals surface area contributed by atoms with Crippen LogP contribution in [0.5, 0.6) is 0 Å². The maximum Gasteiger partial charge on any atom is 0.243 e. The summed E-state index contributed by atoms with van der Waals surface area (Å²) >= 11 is 0. The summed E-state index contributed by atoms with van der Waals surface area (Å²) in [6, 6.07) is 9.14. The van der Waals surface area contributed by atoms with Gasteiger partial charge in [-0.1, -0.05) is 18.2 Å². The first-order valence-electron chi connectivity index (χ1n) is 6.78. The zero-order chi connectivity index (χ0) is 13.9. The Bertz CT molecular complexity index is 493. The van der Waals surface area contributed by atoms with Crippen LogP contribution >= 0.6 is 0 Å². The van der Waals surface area contributed by atoms with Crippen LogP contribution in [0.1, 0.15) is 19.8 Å². The lowest BCUT2D eigenvalue weighted by Gasteiger charge is -2.34. The van der Waals surface area contributed by atoms with Crippen LogP contribution in [0, 0.1) is 5.92 Å². The Hall–Kier alpha value is -0.910. The summed E-state index contributed by atoms with van der Waals surface area (Å²) in [5.41, 5.74) is 0. The molecule has 1 aliphatic rings. The summed E-state index contributed by atoms with van der Waals surface area (Å²) in [7, 11) is -1.35. The molecule has 2 rings (SSSR count). The lowest BCUT2D eigenvalue weighted by molar-refractivity contribution is 0.236. The van der Waals surface area contributed by atoms with Crippen LogP contribution in [0.15, 0.2) is 35.2 Å². The highest BCUT2D eigenvalue weighted by molar-refractivity contribution is 7.89. The maximum atomic E-state index is 12.4. The molecule has 1 saturated heterocycles.